The molecular weight excluding hydrogens is 306 g/mol. The highest BCUT2D eigenvalue weighted by molar-refractivity contribution is 5.85. The third-order valence-electron chi connectivity index (χ3n) is 4.20. The number of carbonyl (C=O) groups excluding carboxylic acids is 2. The molecule has 2 aliphatic heterocycles. The largest absolute Gasteiger partial charge is 0.375 e. The van der Waals surface area contributed by atoms with Crippen molar-refractivity contribution < 1.29 is 14.3 Å². The highest BCUT2D eigenvalue weighted by Crippen LogP contribution is 2.10. The average molecular weight is 334 g/mol. The molecule has 0 aromatic rings. The van der Waals surface area contributed by atoms with Gasteiger partial charge in [0.2, 0.25) is 11.8 Å². The maximum atomic E-state index is 12.1. The number of morpholine rings is 1. The van der Waals surface area contributed by atoms with Crippen molar-refractivity contribution in [1.29, 1.82) is 0 Å². The first-order valence-corrected chi connectivity index (χ1v) is 8.09. The Morgan fingerprint density at radius 3 is 2.55 bits per heavy atom. The van der Waals surface area contributed by atoms with Crippen LogP contribution in [0.4, 0.5) is 0 Å². The fraction of sp³-hybridized carbons (Fsp3) is 0.867. The van der Waals surface area contributed by atoms with E-state index in [1.807, 2.05) is 11.8 Å². The molecule has 2 heterocycles. The second-order valence-corrected chi connectivity index (χ2v) is 5.84. The number of nitrogens with zero attached hydrogens (tertiary/aromatic N) is 1. The van der Waals surface area contributed by atoms with E-state index in [9.17, 15) is 9.59 Å². The van der Waals surface area contributed by atoms with E-state index in [0.717, 1.165) is 25.9 Å². The fourth-order valence-corrected chi connectivity index (χ4v) is 2.91. The lowest BCUT2D eigenvalue weighted by Crippen LogP contribution is -2.55. The quantitative estimate of drug-likeness (QED) is 0.794. The molecule has 2 rings (SSSR count). The maximum absolute atomic E-state index is 12.1. The smallest absolute Gasteiger partial charge is 0.239 e. The first kappa shape index (κ1) is 19.2. The van der Waals surface area contributed by atoms with Gasteiger partial charge in [-0.05, 0) is 19.8 Å². The van der Waals surface area contributed by atoms with E-state index in [1.54, 1.807) is 0 Å². The number of hydrogen-bond acceptors (Lipinski definition) is 4. The normalized spacial score (nSPS) is 25.8. The lowest BCUT2D eigenvalue weighted by Gasteiger charge is -2.29. The van der Waals surface area contributed by atoms with Gasteiger partial charge in [0.25, 0.3) is 0 Å². The number of carbonyl (C=O) groups is 2. The van der Waals surface area contributed by atoms with Crippen molar-refractivity contribution in [2.75, 3.05) is 32.8 Å². The summed E-state index contributed by atoms with van der Waals surface area (Å²) in [5.41, 5.74) is 0. The van der Waals surface area contributed by atoms with Crippen LogP contribution < -0.4 is 10.6 Å². The first-order chi connectivity index (χ1) is 10.2. The lowest BCUT2D eigenvalue weighted by atomic mass is 10.1. The second-order valence-electron chi connectivity index (χ2n) is 5.84. The minimum atomic E-state index is -0.313. The zero-order chi connectivity index (χ0) is 15.1. The van der Waals surface area contributed by atoms with Gasteiger partial charge >= 0.3 is 0 Å². The summed E-state index contributed by atoms with van der Waals surface area (Å²) in [6.07, 6.45) is 4.88. The molecule has 0 aromatic heterocycles. The van der Waals surface area contributed by atoms with Crippen LogP contribution >= 0.6 is 12.4 Å². The number of ether oxygens (including phenoxy) is 1. The van der Waals surface area contributed by atoms with Gasteiger partial charge in [0.05, 0.1) is 12.7 Å². The van der Waals surface area contributed by atoms with Gasteiger partial charge in [-0.2, -0.15) is 0 Å². The molecule has 0 saturated carbocycles. The van der Waals surface area contributed by atoms with E-state index in [4.69, 9.17) is 4.74 Å². The third-order valence-corrected chi connectivity index (χ3v) is 4.20. The van der Waals surface area contributed by atoms with E-state index in [1.165, 1.54) is 12.8 Å². The third kappa shape index (κ3) is 5.74. The number of rotatable bonds is 4. The summed E-state index contributed by atoms with van der Waals surface area (Å²) in [6.45, 7) is 5.34. The van der Waals surface area contributed by atoms with Crippen LogP contribution in [0.15, 0.2) is 0 Å². The monoisotopic (exact) mass is 333 g/mol. The molecule has 2 aliphatic rings. The van der Waals surface area contributed by atoms with Crippen LogP contribution in [0.3, 0.4) is 0 Å². The van der Waals surface area contributed by atoms with Gasteiger partial charge in [-0.25, -0.2) is 0 Å². The van der Waals surface area contributed by atoms with Crippen molar-refractivity contribution >= 4 is 24.2 Å². The Bertz CT molecular complexity index is 360. The van der Waals surface area contributed by atoms with Crippen LogP contribution in [0, 0.1) is 0 Å². The van der Waals surface area contributed by atoms with Gasteiger partial charge in [0.15, 0.2) is 0 Å². The first-order valence-electron chi connectivity index (χ1n) is 8.09. The molecule has 0 spiro atoms. The summed E-state index contributed by atoms with van der Waals surface area (Å²) in [6, 6.07) is -0.313. The Labute approximate surface area is 138 Å². The predicted molar refractivity (Wildman–Crippen MR) is 87.1 cm³/mol. The van der Waals surface area contributed by atoms with Crippen molar-refractivity contribution in [3.63, 3.8) is 0 Å². The topological polar surface area (TPSA) is 70.7 Å². The zero-order valence-electron chi connectivity index (χ0n) is 13.3. The molecule has 0 unspecified atom stereocenters. The molecule has 0 radical (unpaired) electrons. The summed E-state index contributed by atoms with van der Waals surface area (Å²) in [5, 5.41) is 5.99. The lowest BCUT2D eigenvalue weighted by molar-refractivity contribution is -0.131. The van der Waals surface area contributed by atoms with E-state index < -0.39 is 0 Å². The number of amides is 2. The minimum Gasteiger partial charge on any atom is -0.375 e. The highest BCUT2D eigenvalue weighted by atomic mass is 35.5. The average Bonchev–Trinajstić information content (AvgIpc) is 2.76. The Kier molecular flexibility index (Phi) is 8.75. The van der Waals surface area contributed by atoms with Crippen molar-refractivity contribution in [3.05, 3.63) is 0 Å². The molecule has 6 nitrogen and oxygen atoms in total. The summed E-state index contributed by atoms with van der Waals surface area (Å²) in [7, 11) is 0. The Hall–Kier alpha value is -0.850. The Morgan fingerprint density at radius 2 is 1.91 bits per heavy atom. The maximum Gasteiger partial charge on any atom is 0.239 e. The summed E-state index contributed by atoms with van der Waals surface area (Å²) < 4.78 is 5.45. The summed E-state index contributed by atoms with van der Waals surface area (Å²) in [5.74, 6) is 0.0731. The SMILES string of the molecule is C[C@H]1OCCN[C@@H]1C(=O)NCCC(=O)N1CCCCCC1.Cl. The van der Waals surface area contributed by atoms with Crippen LogP contribution in [0.5, 0.6) is 0 Å². The van der Waals surface area contributed by atoms with Gasteiger partial charge in [0, 0.05) is 32.6 Å². The molecule has 0 bridgehead atoms. The van der Waals surface area contributed by atoms with Crippen molar-refractivity contribution in [2.24, 2.45) is 0 Å². The summed E-state index contributed by atoms with van der Waals surface area (Å²) in [4.78, 5) is 26.1. The number of likely N-dealkylation sites (tertiary alicyclic amines) is 1. The Balaban J connectivity index is 0.00000242. The van der Waals surface area contributed by atoms with Crippen LogP contribution in [0.25, 0.3) is 0 Å². The number of hydrogen-bond donors (Lipinski definition) is 2. The van der Waals surface area contributed by atoms with Crippen molar-refractivity contribution in [2.45, 2.75) is 51.2 Å². The second kappa shape index (κ2) is 10.0. The molecule has 2 atom stereocenters. The molecule has 128 valence electrons. The van der Waals surface area contributed by atoms with Gasteiger partial charge in [-0.15, -0.1) is 12.4 Å². The highest BCUT2D eigenvalue weighted by Gasteiger charge is 2.28. The standard InChI is InChI=1S/C15H27N3O3.ClH/c1-12-14(16-8-11-21-12)15(20)17-7-6-13(19)18-9-4-2-3-5-10-18;/h12,14,16H,2-11H2,1H3,(H,17,20);1H/t12-,14+;/m1./s1. The molecule has 2 amide bonds. The van der Waals surface area contributed by atoms with Crippen LogP contribution in [0.2, 0.25) is 0 Å². The van der Waals surface area contributed by atoms with Gasteiger partial charge in [0.1, 0.15) is 6.04 Å². The van der Waals surface area contributed by atoms with E-state index in [2.05, 4.69) is 10.6 Å². The van der Waals surface area contributed by atoms with Gasteiger partial charge in [-0.3, -0.25) is 9.59 Å². The Morgan fingerprint density at radius 1 is 1.23 bits per heavy atom. The van der Waals surface area contributed by atoms with Crippen molar-refractivity contribution in [1.82, 2.24) is 15.5 Å². The van der Waals surface area contributed by atoms with E-state index in [-0.39, 0.29) is 36.4 Å². The molecule has 0 aromatic carbocycles. The van der Waals surface area contributed by atoms with Gasteiger partial charge in [-0.1, -0.05) is 12.8 Å². The molecule has 7 heteroatoms. The van der Waals surface area contributed by atoms with E-state index >= 15 is 0 Å². The predicted octanol–water partition coefficient (Wildman–Crippen LogP) is 0.694. The zero-order valence-corrected chi connectivity index (χ0v) is 14.1. The summed E-state index contributed by atoms with van der Waals surface area (Å²) >= 11 is 0. The van der Waals surface area contributed by atoms with Crippen LogP contribution in [-0.2, 0) is 14.3 Å². The molecular formula is C15H28ClN3O3. The van der Waals surface area contributed by atoms with Crippen LogP contribution in [0.1, 0.15) is 39.0 Å². The van der Waals surface area contributed by atoms with Crippen molar-refractivity contribution in [3.8, 4) is 0 Å². The number of nitrogens with one attached hydrogen (secondary N) is 2. The minimum absolute atomic E-state index is 0. The molecule has 0 aliphatic carbocycles. The van der Waals surface area contributed by atoms with Crippen LogP contribution in [-0.4, -0.2) is 61.6 Å². The van der Waals surface area contributed by atoms with Gasteiger partial charge < -0.3 is 20.3 Å². The molecule has 2 saturated heterocycles. The van der Waals surface area contributed by atoms with E-state index in [0.29, 0.717) is 26.1 Å². The molecule has 2 fully saturated rings. The fourth-order valence-electron chi connectivity index (χ4n) is 2.91. The molecule has 2 N–H and O–H groups in total. The molecule has 22 heavy (non-hydrogen) atoms. The number of halogens is 1.